The van der Waals surface area contributed by atoms with Crippen LogP contribution in [0.5, 0.6) is 5.75 Å². The molecule has 0 atom stereocenters. The Morgan fingerprint density at radius 3 is 2.52 bits per heavy atom. The number of hydrogen-bond acceptors (Lipinski definition) is 8. The largest absolute Gasteiger partial charge is 0.497 e. The van der Waals surface area contributed by atoms with Crippen LogP contribution >= 0.6 is 0 Å². The molecule has 170 valence electrons. The van der Waals surface area contributed by atoms with Crippen LogP contribution in [0.4, 0.5) is 0 Å². The van der Waals surface area contributed by atoms with Crippen molar-refractivity contribution in [2.75, 3.05) is 7.11 Å². The van der Waals surface area contributed by atoms with E-state index in [1.807, 2.05) is 30.3 Å². The van der Waals surface area contributed by atoms with Crippen molar-refractivity contribution in [3.05, 3.63) is 77.8 Å². The van der Waals surface area contributed by atoms with Crippen molar-refractivity contribution in [2.45, 2.75) is 20.1 Å². The molecule has 2 aromatic carbocycles. The van der Waals surface area contributed by atoms with Crippen LogP contribution in [0, 0.1) is 0 Å². The molecule has 33 heavy (non-hydrogen) atoms. The fraction of sp³-hybridized carbons (Fsp3) is 0.182. The molecule has 0 saturated carbocycles. The summed E-state index contributed by atoms with van der Waals surface area (Å²) in [6.07, 6.45) is 1.22. The molecule has 0 amide bonds. The second-order valence-electron chi connectivity index (χ2n) is 7.05. The fourth-order valence-corrected chi connectivity index (χ4v) is 4.14. The van der Waals surface area contributed by atoms with Crippen molar-refractivity contribution < 1.29 is 27.2 Å². The van der Waals surface area contributed by atoms with E-state index >= 15 is 0 Å². The second kappa shape index (κ2) is 9.25. The molecular weight excluding hydrogens is 448 g/mol. The molecule has 10 nitrogen and oxygen atoms in total. The number of hydrogen-bond donors (Lipinski definition) is 0. The van der Waals surface area contributed by atoms with Crippen LogP contribution in [0.1, 0.15) is 18.3 Å². The average molecular weight is 468 g/mol. The molecule has 0 radical (unpaired) electrons. The van der Waals surface area contributed by atoms with Crippen LogP contribution in [0.25, 0.3) is 11.5 Å². The highest BCUT2D eigenvalue weighted by atomic mass is 32.2. The molecule has 0 unspecified atom stereocenters. The van der Waals surface area contributed by atoms with Crippen LogP contribution in [0.3, 0.4) is 0 Å². The number of methoxy groups -OCH3 is 1. The van der Waals surface area contributed by atoms with Gasteiger partial charge in [-0.1, -0.05) is 35.5 Å². The van der Waals surface area contributed by atoms with E-state index in [-0.39, 0.29) is 30.3 Å². The van der Waals surface area contributed by atoms with Gasteiger partial charge in [0.15, 0.2) is 6.61 Å². The predicted octanol–water partition coefficient (Wildman–Crippen LogP) is 2.89. The Hall–Kier alpha value is -3.99. The molecular formula is C22H20N4O6S. The van der Waals surface area contributed by atoms with Gasteiger partial charge >= 0.3 is 16.2 Å². The van der Waals surface area contributed by atoms with Crippen LogP contribution < -0.4 is 4.74 Å². The molecule has 3 aromatic rings. The summed E-state index contributed by atoms with van der Waals surface area (Å²) in [7, 11) is -2.44. The van der Waals surface area contributed by atoms with Crippen LogP contribution in [-0.2, 0) is 32.9 Å². The number of nitrogens with zero attached hydrogens (tertiary/aromatic N) is 4. The zero-order valence-corrected chi connectivity index (χ0v) is 18.7. The zero-order chi connectivity index (χ0) is 23.4. The summed E-state index contributed by atoms with van der Waals surface area (Å²) in [5, 5.41) is 3.81. The first-order chi connectivity index (χ1) is 15.9. The summed E-state index contributed by atoms with van der Waals surface area (Å²) in [6.45, 7) is 1.17. The van der Waals surface area contributed by atoms with E-state index in [0.29, 0.717) is 17.2 Å². The van der Waals surface area contributed by atoms with Gasteiger partial charge in [0.25, 0.3) is 5.89 Å². The molecule has 0 bridgehead atoms. The van der Waals surface area contributed by atoms with Crippen molar-refractivity contribution in [3.8, 4) is 17.2 Å². The third-order valence-corrected chi connectivity index (χ3v) is 6.08. The third-order valence-electron chi connectivity index (χ3n) is 4.75. The summed E-state index contributed by atoms with van der Waals surface area (Å²) in [4.78, 5) is 16.9. The van der Waals surface area contributed by atoms with E-state index in [4.69, 9.17) is 14.0 Å². The van der Waals surface area contributed by atoms with Gasteiger partial charge in [-0.05, 0) is 36.8 Å². The van der Waals surface area contributed by atoms with Gasteiger partial charge in [-0.3, -0.25) is 4.31 Å². The predicted molar refractivity (Wildman–Crippen MR) is 118 cm³/mol. The van der Waals surface area contributed by atoms with Crippen molar-refractivity contribution in [1.29, 1.82) is 0 Å². The smallest absolute Gasteiger partial charge is 0.344 e. The number of carbonyl (C=O) groups excluding carboxylic acids is 1. The van der Waals surface area contributed by atoms with E-state index < -0.39 is 16.2 Å². The third kappa shape index (κ3) is 5.09. The van der Waals surface area contributed by atoms with E-state index in [2.05, 4.69) is 14.5 Å². The minimum atomic E-state index is -3.98. The number of ether oxygens (including phenoxy) is 2. The zero-order valence-electron chi connectivity index (χ0n) is 17.8. The number of carbonyl (C=O) groups is 1. The quantitative estimate of drug-likeness (QED) is 0.485. The Morgan fingerprint density at radius 2 is 1.82 bits per heavy atom. The van der Waals surface area contributed by atoms with Crippen molar-refractivity contribution in [2.24, 2.45) is 4.40 Å². The van der Waals surface area contributed by atoms with Crippen LogP contribution in [-0.4, -0.2) is 41.7 Å². The molecule has 4 rings (SSSR count). The molecule has 11 heteroatoms. The first-order valence-corrected chi connectivity index (χ1v) is 11.2. The minimum Gasteiger partial charge on any atom is -0.497 e. The normalized spacial score (nSPS) is 14.9. The highest BCUT2D eigenvalue weighted by Crippen LogP contribution is 2.22. The van der Waals surface area contributed by atoms with Crippen LogP contribution in [0.2, 0.25) is 0 Å². The lowest BCUT2D eigenvalue weighted by molar-refractivity contribution is -0.140. The average Bonchev–Trinajstić information content (AvgIpc) is 3.29. The standard InChI is InChI=1S/C22H20N4O6S/c1-15-19(13-26(33(28,29)25-15)12-16-8-10-18(30-2)11-9-16)22(27)31-14-20-23-21(32-24-20)17-6-4-3-5-7-17/h3-11,13H,12,14H2,1-2H3. The first kappa shape index (κ1) is 22.2. The molecule has 0 spiro atoms. The summed E-state index contributed by atoms with van der Waals surface area (Å²) in [5.74, 6) is 0.367. The first-order valence-electron chi connectivity index (χ1n) is 9.84. The van der Waals surface area contributed by atoms with Crippen molar-refractivity contribution >= 4 is 21.9 Å². The second-order valence-corrected chi connectivity index (χ2v) is 8.60. The summed E-state index contributed by atoms with van der Waals surface area (Å²) in [6, 6.07) is 16.1. The Labute approximate surface area is 190 Å². The fourth-order valence-electron chi connectivity index (χ4n) is 3.04. The lowest BCUT2D eigenvalue weighted by Gasteiger charge is -2.23. The van der Waals surface area contributed by atoms with E-state index in [1.54, 1.807) is 31.4 Å². The number of rotatable bonds is 7. The topological polar surface area (TPSA) is 124 Å². The minimum absolute atomic E-state index is 0.00876. The molecule has 0 saturated heterocycles. The molecule has 1 aliphatic heterocycles. The maximum absolute atomic E-state index is 12.7. The van der Waals surface area contributed by atoms with Gasteiger partial charge in [0.2, 0.25) is 5.82 Å². The number of aromatic nitrogens is 2. The molecule has 1 aromatic heterocycles. The van der Waals surface area contributed by atoms with E-state index in [9.17, 15) is 13.2 Å². The summed E-state index contributed by atoms with van der Waals surface area (Å²) >= 11 is 0. The molecule has 0 fully saturated rings. The lowest BCUT2D eigenvalue weighted by atomic mass is 10.2. The van der Waals surface area contributed by atoms with Crippen LogP contribution in [0.15, 0.2) is 75.3 Å². The Kier molecular flexibility index (Phi) is 6.22. The van der Waals surface area contributed by atoms with Crippen molar-refractivity contribution in [3.63, 3.8) is 0 Å². The van der Waals surface area contributed by atoms with E-state index in [0.717, 1.165) is 9.87 Å². The summed E-state index contributed by atoms with van der Waals surface area (Å²) < 4.78 is 45.2. The van der Waals surface area contributed by atoms with E-state index in [1.165, 1.54) is 13.1 Å². The maximum Gasteiger partial charge on any atom is 0.344 e. The highest BCUT2D eigenvalue weighted by molar-refractivity contribution is 7.88. The van der Waals surface area contributed by atoms with Gasteiger partial charge in [-0.25, -0.2) is 4.79 Å². The van der Waals surface area contributed by atoms with Gasteiger partial charge < -0.3 is 14.0 Å². The Bertz CT molecular complexity index is 1310. The number of esters is 1. The van der Waals surface area contributed by atoms with Gasteiger partial charge in [0.1, 0.15) is 5.75 Å². The van der Waals surface area contributed by atoms with Gasteiger partial charge in [-0.2, -0.15) is 13.4 Å². The Morgan fingerprint density at radius 1 is 1.09 bits per heavy atom. The van der Waals surface area contributed by atoms with Gasteiger partial charge in [0.05, 0.1) is 24.9 Å². The Balaban J connectivity index is 1.46. The highest BCUT2D eigenvalue weighted by Gasteiger charge is 2.29. The SMILES string of the molecule is COc1ccc(CN2C=C(C(=O)OCc3noc(-c4ccccc4)n3)C(C)=NS2(=O)=O)cc1. The van der Waals surface area contributed by atoms with Gasteiger partial charge in [0, 0.05) is 11.8 Å². The van der Waals surface area contributed by atoms with Crippen molar-refractivity contribution in [1.82, 2.24) is 14.4 Å². The van der Waals surface area contributed by atoms with Gasteiger partial charge in [-0.15, -0.1) is 4.40 Å². The molecule has 1 aliphatic rings. The monoisotopic (exact) mass is 468 g/mol. The summed E-state index contributed by atoms with van der Waals surface area (Å²) in [5.41, 5.74) is 1.48. The molecule has 0 N–H and O–H groups in total. The number of benzene rings is 2. The maximum atomic E-state index is 12.7. The molecule has 2 heterocycles. The molecule has 0 aliphatic carbocycles. The lowest BCUT2D eigenvalue weighted by Crippen LogP contribution is -2.31.